The molecule has 200 valence electrons. The predicted octanol–water partition coefficient (Wildman–Crippen LogP) is 6.12. The minimum atomic E-state index is -4.52. The van der Waals surface area contributed by atoms with Gasteiger partial charge in [-0.15, -0.1) is 0 Å². The highest BCUT2D eigenvalue weighted by molar-refractivity contribution is 7.80. The van der Waals surface area contributed by atoms with Gasteiger partial charge in [0.15, 0.2) is 5.11 Å². The Morgan fingerprint density at radius 3 is 2.41 bits per heavy atom. The Bertz CT molecular complexity index is 1500. The summed E-state index contributed by atoms with van der Waals surface area (Å²) in [5, 5.41) is 6.54. The van der Waals surface area contributed by atoms with Crippen LogP contribution in [0.1, 0.15) is 40.3 Å². The van der Waals surface area contributed by atoms with Gasteiger partial charge in [0.2, 0.25) is 5.91 Å². The van der Waals surface area contributed by atoms with Gasteiger partial charge in [-0.25, -0.2) is 0 Å². The van der Waals surface area contributed by atoms with E-state index in [0.717, 1.165) is 11.6 Å². The lowest BCUT2D eigenvalue weighted by Gasteiger charge is -2.28. The molecule has 10 heteroatoms. The lowest BCUT2D eigenvalue weighted by atomic mass is 9.96. The summed E-state index contributed by atoms with van der Waals surface area (Å²) in [7, 11) is 0. The fourth-order valence-electron chi connectivity index (χ4n) is 5.16. The molecule has 2 N–H and O–H groups in total. The number of carbonyl (C=O) groups is 1. The second-order valence-electron chi connectivity index (χ2n) is 9.35. The van der Waals surface area contributed by atoms with Crippen LogP contribution in [0.5, 0.6) is 0 Å². The predicted molar refractivity (Wildman–Crippen MR) is 147 cm³/mol. The Kier molecular flexibility index (Phi) is 7.14. The molecule has 1 saturated heterocycles. The third-order valence-electron chi connectivity index (χ3n) is 6.81. The highest BCUT2D eigenvalue weighted by Crippen LogP contribution is 2.42. The van der Waals surface area contributed by atoms with Gasteiger partial charge in [-0.2, -0.15) is 13.2 Å². The molecule has 4 aromatic rings. The number of benzene rings is 2. The van der Waals surface area contributed by atoms with Crippen molar-refractivity contribution >= 4 is 28.9 Å². The lowest BCUT2D eigenvalue weighted by Crippen LogP contribution is -2.37. The number of thiocarbonyl (C=S) groups is 1. The van der Waals surface area contributed by atoms with E-state index in [1.807, 2.05) is 36.4 Å². The monoisotopic (exact) mass is 549 g/mol. The summed E-state index contributed by atoms with van der Waals surface area (Å²) in [6.45, 7) is 3.50. The standard InChI is InChI=1S/C29H26F3N5OS/c1-18-16-21(19(2)37(18)24-14-7-6-12-22(24)29(30,31)32)27-26(23-13-8-9-15-33-23)35-28(39)36(27)17-25(38)34-20-10-4-3-5-11-20/h3-16,26-27H,17H2,1-2H3,(H,34,38)(H,35,39). The minimum absolute atomic E-state index is 0.0440. The van der Waals surface area contributed by atoms with E-state index in [9.17, 15) is 18.0 Å². The Labute approximate surface area is 229 Å². The van der Waals surface area contributed by atoms with Gasteiger partial charge in [-0.05, 0) is 74.1 Å². The summed E-state index contributed by atoms with van der Waals surface area (Å²) >= 11 is 5.68. The molecular formula is C29H26F3N5OS. The first-order valence-corrected chi connectivity index (χ1v) is 12.7. The first-order chi connectivity index (χ1) is 18.6. The van der Waals surface area contributed by atoms with Crippen molar-refractivity contribution in [3.63, 3.8) is 0 Å². The van der Waals surface area contributed by atoms with Crippen LogP contribution in [-0.2, 0) is 11.0 Å². The minimum Gasteiger partial charge on any atom is -0.352 e. The number of hydrogen-bond acceptors (Lipinski definition) is 3. The first-order valence-electron chi connectivity index (χ1n) is 12.3. The molecule has 3 heterocycles. The van der Waals surface area contributed by atoms with Crippen LogP contribution < -0.4 is 10.6 Å². The second-order valence-corrected chi connectivity index (χ2v) is 9.73. The van der Waals surface area contributed by atoms with Crippen molar-refractivity contribution in [3.05, 3.63) is 113 Å². The smallest absolute Gasteiger partial charge is 0.352 e. The van der Waals surface area contributed by atoms with Crippen molar-refractivity contribution in [1.29, 1.82) is 0 Å². The number of halogens is 3. The Morgan fingerprint density at radius 2 is 1.72 bits per heavy atom. The number of amides is 1. The Hall–Kier alpha value is -4.18. The van der Waals surface area contributed by atoms with Gasteiger partial charge in [-0.3, -0.25) is 9.78 Å². The lowest BCUT2D eigenvalue weighted by molar-refractivity contribution is -0.137. The molecule has 0 aliphatic carbocycles. The van der Waals surface area contributed by atoms with Crippen molar-refractivity contribution in [2.24, 2.45) is 0 Å². The number of alkyl halides is 3. The summed E-state index contributed by atoms with van der Waals surface area (Å²) in [6.07, 6.45) is -2.85. The van der Waals surface area contributed by atoms with Crippen LogP contribution in [0, 0.1) is 13.8 Å². The summed E-state index contributed by atoms with van der Waals surface area (Å²) in [6, 6.07) is 21.1. The zero-order chi connectivity index (χ0) is 27.7. The first kappa shape index (κ1) is 26.4. The van der Waals surface area contributed by atoms with E-state index in [1.54, 1.807) is 53.8 Å². The number of nitrogens with zero attached hydrogens (tertiary/aromatic N) is 3. The van der Waals surface area contributed by atoms with Crippen LogP contribution in [0.3, 0.4) is 0 Å². The van der Waals surface area contributed by atoms with Gasteiger partial charge in [0, 0.05) is 23.3 Å². The third-order valence-corrected chi connectivity index (χ3v) is 7.16. The number of carbonyl (C=O) groups excluding carboxylic acids is 1. The normalized spacial score (nSPS) is 17.3. The molecule has 2 unspecified atom stereocenters. The van der Waals surface area contributed by atoms with E-state index in [1.165, 1.54) is 12.1 Å². The van der Waals surface area contributed by atoms with Crippen LogP contribution in [0.15, 0.2) is 85.1 Å². The van der Waals surface area contributed by atoms with Gasteiger partial charge >= 0.3 is 6.18 Å². The number of rotatable bonds is 6. The zero-order valence-electron chi connectivity index (χ0n) is 21.2. The molecule has 39 heavy (non-hydrogen) atoms. The van der Waals surface area contributed by atoms with E-state index < -0.39 is 23.8 Å². The number of pyridine rings is 1. The molecule has 1 aliphatic rings. The molecule has 0 radical (unpaired) electrons. The average Bonchev–Trinajstić information content (AvgIpc) is 3.39. The molecule has 2 aromatic heterocycles. The van der Waals surface area contributed by atoms with E-state index in [-0.39, 0.29) is 18.1 Å². The topological polar surface area (TPSA) is 62.2 Å². The number of nitrogens with one attached hydrogen (secondary N) is 2. The molecule has 2 aromatic carbocycles. The number of anilines is 1. The maximum absolute atomic E-state index is 13.9. The maximum atomic E-state index is 13.9. The van der Waals surface area contributed by atoms with Crippen LogP contribution in [0.2, 0.25) is 0 Å². The summed E-state index contributed by atoms with van der Waals surface area (Å²) in [5.74, 6) is -0.270. The van der Waals surface area contributed by atoms with E-state index in [2.05, 4.69) is 15.6 Å². The van der Waals surface area contributed by atoms with Crippen LogP contribution in [-0.4, -0.2) is 32.0 Å². The molecule has 0 bridgehead atoms. The number of hydrogen-bond donors (Lipinski definition) is 2. The number of para-hydroxylation sites is 2. The van der Waals surface area contributed by atoms with Crippen molar-refractivity contribution in [3.8, 4) is 5.69 Å². The van der Waals surface area contributed by atoms with Gasteiger partial charge in [0.25, 0.3) is 0 Å². The summed E-state index contributed by atoms with van der Waals surface area (Å²) in [5.41, 5.74) is 2.68. The van der Waals surface area contributed by atoms with Gasteiger partial charge in [-0.1, -0.05) is 36.4 Å². The molecule has 0 spiro atoms. The average molecular weight is 550 g/mol. The third kappa shape index (κ3) is 5.24. The summed E-state index contributed by atoms with van der Waals surface area (Å²) in [4.78, 5) is 19.4. The zero-order valence-corrected chi connectivity index (χ0v) is 22.1. The largest absolute Gasteiger partial charge is 0.418 e. The summed E-state index contributed by atoms with van der Waals surface area (Å²) < 4.78 is 43.4. The van der Waals surface area contributed by atoms with E-state index >= 15 is 0 Å². The van der Waals surface area contributed by atoms with Gasteiger partial charge in [0.05, 0.1) is 29.0 Å². The van der Waals surface area contributed by atoms with Crippen molar-refractivity contribution < 1.29 is 18.0 Å². The molecule has 1 aliphatic heterocycles. The quantitative estimate of drug-likeness (QED) is 0.284. The fourth-order valence-corrected chi connectivity index (χ4v) is 5.46. The molecule has 5 rings (SSSR count). The molecule has 1 amide bonds. The van der Waals surface area contributed by atoms with Crippen molar-refractivity contribution in [2.45, 2.75) is 32.1 Å². The van der Waals surface area contributed by atoms with Crippen LogP contribution in [0.25, 0.3) is 5.69 Å². The molecule has 0 saturated carbocycles. The molecular weight excluding hydrogens is 523 g/mol. The highest BCUT2D eigenvalue weighted by atomic mass is 32.1. The number of aromatic nitrogens is 2. The second kappa shape index (κ2) is 10.5. The van der Waals surface area contributed by atoms with E-state index in [0.29, 0.717) is 27.9 Å². The Morgan fingerprint density at radius 1 is 1.03 bits per heavy atom. The molecule has 2 atom stereocenters. The van der Waals surface area contributed by atoms with Crippen LogP contribution >= 0.6 is 12.2 Å². The highest BCUT2D eigenvalue weighted by Gasteiger charge is 2.42. The molecule has 6 nitrogen and oxygen atoms in total. The Balaban J connectivity index is 1.58. The number of aryl methyl sites for hydroxylation is 1. The molecule has 1 fully saturated rings. The SMILES string of the molecule is Cc1cc(C2C(c3ccccn3)NC(=S)N2CC(=O)Nc2ccccc2)c(C)n1-c1ccccc1C(F)(F)F. The van der Waals surface area contributed by atoms with Gasteiger partial charge < -0.3 is 20.1 Å². The van der Waals surface area contributed by atoms with Crippen molar-refractivity contribution in [2.75, 3.05) is 11.9 Å². The van der Waals surface area contributed by atoms with Crippen LogP contribution in [0.4, 0.5) is 18.9 Å². The van der Waals surface area contributed by atoms with Gasteiger partial charge in [0.1, 0.15) is 6.54 Å². The fraction of sp³-hybridized carbons (Fsp3) is 0.207. The maximum Gasteiger partial charge on any atom is 0.418 e. The van der Waals surface area contributed by atoms with Crippen molar-refractivity contribution in [1.82, 2.24) is 19.8 Å². The van der Waals surface area contributed by atoms with E-state index in [4.69, 9.17) is 12.2 Å².